The maximum Gasteiger partial charge on any atom is 0.302 e. The second kappa shape index (κ2) is 19.3. The topological polar surface area (TPSA) is 211 Å². The third kappa shape index (κ3) is 9.65. The van der Waals surface area contributed by atoms with E-state index in [-0.39, 0.29) is 65.0 Å². The smallest absolute Gasteiger partial charge is 0.302 e. The van der Waals surface area contributed by atoms with Crippen LogP contribution in [0.5, 0.6) is 11.5 Å². The Morgan fingerprint density at radius 2 is 1.90 bits per heavy atom. The van der Waals surface area contributed by atoms with Crippen LogP contribution in [0.1, 0.15) is 133 Å². The minimum absolute atomic E-state index is 0.123. The highest BCUT2D eigenvalue weighted by Crippen LogP contribution is 2.60. The molecule has 1 aromatic rings. The molecular formula is C52H73N5O8S2. The van der Waals surface area contributed by atoms with Gasteiger partial charge in [-0.05, 0) is 131 Å². The lowest BCUT2D eigenvalue weighted by Gasteiger charge is -2.54. The van der Waals surface area contributed by atoms with E-state index < -0.39 is 53.9 Å². The predicted molar refractivity (Wildman–Crippen MR) is 262 cm³/mol. The van der Waals surface area contributed by atoms with E-state index in [1.807, 2.05) is 33.7 Å². The van der Waals surface area contributed by atoms with Crippen molar-refractivity contribution in [2.75, 3.05) is 18.8 Å². The normalized spacial score (nSPS) is 43.0. The average molecular weight is 960 g/mol. The Morgan fingerprint density at radius 3 is 2.72 bits per heavy atom. The summed E-state index contributed by atoms with van der Waals surface area (Å²) >= 11 is 0. The van der Waals surface area contributed by atoms with Gasteiger partial charge in [-0.1, -0.05) is 70.6 Å². The number of hydrogen-bond donors (Lipinski definition) is 9. The molecule has 13 nitrogen and oxygen atoms in total. The van der Waals surface area contributed by atoms with Gasteiger partial charge in [-0.25, -0.2) is 4.99 Å². The molecule has 10 bridgehead atoms. The van der Waals surface area contributed by atoms with Crippen molar-refractivity contribution < 1.29 is 39.8 Å². The molecule has 15 unspecified atom stereocenters. The van der Waals surface area contributed by atoms with Gasteiger partial charge in [0, 0.05) is 66.3 Å². The van der Waals surface area contributed by atoms with Gasteiger partial charge in [0.2, 0.25) is 0 Å². The van der Waals surface area contributed by atoms with Crippen molar-refractivity contribution in [2.45, 2.75) is 182 Å². The minimum Gasteiger partial charge on any atom is -0.504 e. The standard InChI is InChI=1S/C52H73N5O8S2/c1-31(58)64-42-23-36(59)14-19-51-18-13-33-5-3-17-52(27-37(15-20-55-52)65-43-22-34(21-39(33)42)40(47(62)63)24-41(43)60)45-12-11-38(28-54-45)67-66-30-50(57-48(53)56-44(51)7-2-8-46(51)61)26-32-9-10-35-6-4-16-49(35,25-32)29-50/h2,7,9-10,22,24,32-33,35-39,42,44-47,54-55,59-63H,3-6,8,11-12,14-17,19-21,23,25-30H2,1H3,(H3,53,56,57). The number of esters is 1. The molecule has 2 saturated carbocycles. The molecule has 2 saturated heterocycles. The molecule has 4 spiro atoms. The van der Waals surface area contributed by atoms with Gasteiger partial charge >= 0.3 is 5.97 Å². The summed E-state index contributed by atoms with van der Waals surface area (Å²) < 4.78 is 12.9. The Kier molecular flexibility index (Phi) is 13.8. The molecule has 1 aromatic carbocycles. The molecule has 5 aliphatic heterocycles. The molecule has 15 heteroatoms. The second-order valence-corrected chi connectivity index (χ2v) is 24.8. The van der Waals surface area contributed by atoms with Crippen LogP contribution >= 0.6 is 21.6 Å². The summed E-state index contributed by atoms with van der Waals surface area (Å²) in [6, 6.07) is 2.65. The quantitative estimate of drug-likeness (QED) is 0.0575. The molecule has 10 N–H and O–H groups in total. The largest absolute Gasteiger partial charge is 0.504 e. The monoisotopic (exact) mass is 959 g/mol. The minimum atomic E-state index is -1.90. The van der Waals surface area contributed by atoms with Crippen molar-refractivity contribution >= 4 is 33.5 Å². The van der Waals surface area contributed by atoms with E-state index in [9.17, 15) is 30.3 Å². The number of aliphatic hydroxyl groups excluding tert-OH is 3. The van der Waals surface area contributed by atoms with Gasteiger partial charge in [-0.2, -0.15) is 0 Å². The lowest BCUT2D eigenvalue weighted by Crippen LogP contribution is -2.66. The summed E-state index contributed by atoms with van der Waals surface area (Å²) in [4.78, 5) is 18.3. The maximum absolute atomic E-state index is 13.0. The number of carbonyl (C=O) groups excluding carboxylic acids is 1. The number of nitrogens with two attached hydrogens (primary N) is 1. The number of ether oxygens (including phenoxy) is 2. The summed E-state index contributed by atoms with van der Waals surface area (Å²) in [5.74, 6) is 8.42. The third-order valence-corrected chi connectivity index (χ3v) is 20.8. The molecule has 5 heterocycles. The summed E-state index contributed by atoms with van der Waals surface area (Å²) in [5.41, 5.74) is 6.38. The maximum atomic E-state index is 13.0. The zero-order chi connectivity index (χ0) is 46.6. The Balaban J connectivity index is 1.12. The van der Waals surface area contributed by atoms with Crippen molar-refractivity contribution in [3.63, 3.8) is 0 Å². The molecule has 15 atom stereocenters. The molecule has 10 aliphatic rings. The fourth-order valence-corrected chi connectivity index (χ4v) is 17.8. The number of piperidine rings is 2. The van der Waals surface area contributed by atoms with E-state index >= 15 is 0 Å². The number of hydrogen-bond acceptors (Lipinski definition) is 15. The first kappa shape index (κ1) is 47.7. The zero-order valence-electron chi connectivity index (χ0n) is 39.0. The third-order valence-electron chi connectivity index (χ3n) is 17.8. The van der Waals surface area contributed by atoms with Crippen LogP contribution in [0.25, 0.3) is 0 Å². The number of allylic oxidation sites excluding steroid dienone is 2. The van der Waals surface area contributed by atoms with Crippen LogP contribution in [-0.4, -0.2) is 109 Å². The number of aliphatic hydroxyl groups is 4. The highest BCUT2D eigenvalue weighted by molar-refractivity contribution is 8.77. The zero-order valence-corrected chi connectivity index (χ0v) is 40.7. The van der Waals surface area contributed by atoms with E-state index in [2.05, 4.69) is 39.9 Å². The first-order valence-electron chi connectivity index (χ1n) is 25.4. The van der Waals surface area contributed by atoms with Crippen LogP contribution in [0, 0.1) is 46.3 Å². The molecule has 11 rings (SSSR count). The van der Waals surface area contributed by atoms with Crippen LogP contribution in [0.15, 0.2) is 41.4 Å². The van der Waals surface area contributed by atoms with Gasteiger partial charge < -0.3 is 56.7 Å². The van der Waals surface area contributed by atoms with Gasteiger partial charge in [0.1, 0.15) is 12.2 Å². The van der Waals surface area contributed by atoms with Crippen molar-refractivity contribution in [3.05, 3.63) is 47.6 Å². The number of aliphatic imine (C=N–C) groups is 1. The van der Waals surface area contributed by atoms with Crippen LogP contribution in [0.3, 0.4) is 0 Å². The number of phenols is 1. The summed E-state index contributed by atoms with van der Waals surface area (Å²) in [6.07, 6.45) is 18.3. The number of benzene rings is 1. The number of carbonyl (C=O) groups is 1. The molecule has 4 fully saturated rings. The Bertz CT molecular complexity index is 2160. The molecule has 5 aliphatic carbocycles. The number of guanidine groups is 1. The first-order valence-corrected chi connectivity index (χ1v) is 27.8. The molecule has 0 amide bonds. The Morgan fingerprint density at radius 1 is 1.03 bits per heavy atom. The SMILES string of the molecule is CC(=O)OC1CC(O)CCC23C#CC4CCCC5(CC(CCN5)Oc5cc(c(C(O)O)cc5O)CC41)C1CCC(CN1)SSCC1(CC4C=CC5CCCC5(C4)C1)NC(N)=NC2C=CCC3O. The lowest BCUT2D eigenvalue weighted by atomic mass is 9.56. The number of nitrogens with one attached hydrogen (secondary N) is 3. The van der Waals surface area contributed by atoms with Crippen LogP contribution in [0.2, 0.25) is 0 Å². The number of phenolic OH excluding ortho intramolecular Hbond substituents is 1. The van der Waals surface area contributed by atoms with Gasteiger partial charge in [-0.3, -0.25) is 4.79 Å². The Hall–Kier alpha value is -2.94. The van der Waals surface area contributed by atoms with Gasteiger partial charge in [0.05, 0.1) is 29.2 Å². The number of nitrogens with zero attached hydrogens (tertiary/aromatic N) is 1. The van der Waals surface area contributed by atoms with Crippen LogP contribution < -0.4 is 26.4 Å². The van der Waals surface area contributed by atoms with Crippen molar-refractivity contribution in [1.29, 1.82) is 0 Å². The molecular weight excluding hydrogens is 887 g/mol. The van der Waals surface area contributed by atoms with Crippen molar-refractivity contribution in [1.82, 2.24) is 16.0 Å². The van der Waals surface area contributed by atoms with E-state index in [0.717, 1.165) is 63.8 Å². The fraction of sp³-hybridized carbons (Fsp3) is 0.731. The van der Waals surface area contributed by atoms with Crippen LogP contribution in [0.4, 0.5) is 0 Å². The van der Waals surface area contributed by atoms with Crippen LogP contribution in [-0.2, 0) is 16.0 Å². The first-order chi connectivity index (χ1) is 32.2. The fourth-order valence-electron chi connectivity index (χ4n) is 14.7. The summed E-state index contributed by atoms with van der Waals surface area (Å²) in [5, 5.41) is 69.7. The molecule has 366 valence electrons. The molecule has 0 radical (unpaired) electrons. The highest BCUT2D eigenvalue weighted by atomic mass is 33.1. The number of rotatable bonds is 2. The number of aromatic hydroxyl groups is 1. The molecule has 0 aromatic heterocycles. The van der Waals surface area contributed by atoms with Crippen molar-refractivity contribution in [2.24, 2.45) is 45.2 Å². The number of fused-ring (bicyclic) bond motifs is 9. The van der Waals surface area contributed by atoms with Gasteiger partial charge in [0.15, 0.2) is 23.7 Å². The predicted octanol–water partition coefficient (Wildman–Crippen LogP) is 5.67. The average Bonchev–Trinajstić information content (AvgIpc) is 3.68. The lowest BCUT2D eigenvalue weighted by molar-refractivity contribution is -0.152. The van der Waals surface area contributed by atoms with Gasteiger partial charge in [0.25, 0.3) is 0 Å². The van der Waals surface area contributed by atoms with Gasteiger partial charge in [-0.15, -0.1) is 0 Å². The van der Waals surface area contributed by atoms with Crippen molar-refractivity contribution in [3.8, 4) is 23.3 Å². The van der Waals surface area contributed by atoms with E-state index in [0.29, 0.717) is 54.3 Å². The Labute approximate surface area is 404 Å². The van der Waals surface area contributed by atoms with E-state index in [1.165, 1.54) is 38.7 Å². The molecule has 67 heavy (non-hydrogen) atoms. The highest BCUT2D eigenvalue weighted by Gasteiger charge is 2.55. The summed E-state index contributed by atoms with van der Waals surface area (Å²) in [6.45, 7) is 3.00. The van der Waals surface area contributed by atoms with E-state index in [1.54, 1.807) is 6.07 Å². The second-order valence-electron chi connectivity index (χ2n) is 22.1. The summed E-state index contributed by atoms with van der Waals surface area (Å²) in [7, 11) is 3.98. The van der Waals surface area contributed by atoms with E-state index in [4.69, 9.17) is 20.2 Å².